The lowest BCUT2D eigenvalue weighted by atomic mass is 9.86. The number of para-hydroxylation sites is 1. The molecule has 0 spiro atoms. The summed E-state index contributed by atoms with van der Waals surface area (Å²) in [6, 6.07) is 7.37. The maximum atomic E-state index is 12.8. The van der Waals surface area contributed by atoms with Gasteiger partial charge < -0.3 is 9.88 Å². The first-order chi connectivity index (χ1) is 12.0. The van der Waals surface area contributed by atoms with Gasteiger partial charge in [-0.05, 0) is 44.7 Å². The van der Waals surface area contributed by atoms with Crippen molar-refractivity contribution in [3.63, 3.8) is 0 Å². The summed E-state index contributed by atoms with van der Waals surface area (Å²) >= 11 is 0. The monoisotopic (exact) mass is 341 g/mol. The fourth-order valence-corrected chi connectivity index (χ4v) is 3.69. The van der Waals surface area contributed by atoms with Gasteiger partial charge in [0, 0.05) is 12.5 Å². The van der Waals surface area contributed by atoms with Crippen LogP contribution in [0.1, 0.15) is 58.2 Å². The third-order valence-corrected chi connectivity index (χ3v) is 5.11. The quantitative estimate of drug-likeness (QED) is 0.903. The van der Waals surface area contributed by atoms with Crippen LogP contribution in [0.4, 0.5) is 0 Å². The molecule has 1 N–H and O–H groups in total. The van der Waals surface area contributed by atoms with E-state index in [0.717, 1.165) is 12.8 Å². The van der Waals surface area contributed by atoms with E-state index in [2.05, 4.69) is 9.97 Å². The predicted molar refractivity (Wildman–Crippen MR) is 99.2 cm³/mol. The van der Waals surface area contributed by atoms with E-state index in [-0.39, 0.29) is 17.5 Å². The van der Waals surface area contributed by atoms with Gasteiger partial charge in [-0.15, -0.1) is 0 Å². The Morgan fingerprint density at radius 2 is 1.96 bits per heavy atom. The Bertz CT molecular complexity index is 791. The average molecular weight is 341 g/mol. The molecule has 2 aromatic rings. The Kier molecular flexibility index (Phi) is 5.51. The van der Waals surface area contributed by atoms with E-state index in [1.54, 1.807) is 6.07 Å². The molecule has 1 saturated carbocycles. The van der Waals surface area contributed by atoms with E-state index in [4.69, 9.17) is 0 Å². The number of fused-ring (bicyclic) bond motifs is 1. The van der Waals surface area contributed by atoms with E-state index in [9.17, 15) is 9.59 Å². The molecule has 0 bridgehead atoms. The van der Waals surface area contributed by atoms with Gasteiger partial charge >= 0.3 is 0 Å². The van der Waals surface area contributed by atoms with E-state index < -0.39 is 0 Å². The molecule has 5 nitrogen and oxygen atoms in total. The summed E-state index contributed by atoms with van der Waals surface area (Å²) in [5, 5.41) is 0.580. The Hall–Kier alpha value is -2.17. The number of carbonyl (C=O) groups is 1. The average Bonchev–Trinajstić information content (AvgIpc) is 2.60. The largest absolute Gasteiger partial charge is 0.333 e. The lowest BCUT2D eigenvalue weighted by molar-refractivity contribution is -0.135. The molecule has 0 atom stereocenters. The Morgan fingerprint density at radius 3 is 2.68 bits per heavy atom. The third kappa shape index (κ3) is 4.27. The number of hydrogen-bond acceptors (Lipinski definition) is 3. The van der Waals surface area contributed by atoms with Crippen LogP contribution >= 0.6 is 0 Å². The van der Waals surface area contributed by atoms with Crippen molar-refractivity contribution in [3.05, 3.63) is 40.4 Å². The van der Waals surface area contributed by atoms with Crippen molar-refractivity contribution in [2.24, 2.45) is 5.92 Å². The standard InChI is InChI=1S/C20H27N3O2/c1-14(2)23(19(24)12-15-8-4-3-5-9-15)13-18-21-17-11-7-6-10-16(17)20(25)22-18/h6-7,10-11,14-15H,3-5,8-9,12-13H2,1-2H3,(H,21,22,25). The van der Waals surface area contributed by atoms with Crippen LogP contribution in [0.15, 0.2) is 29.1 Å². The van der Waals surface area contributed by atoms with Crippen molar-refractivity contribution in [2.45, 2.75) is 65.0 Å². The molecule has 1 aromatic carbocycles. The smallest absolute Gasteiger partial charge is 0.258 e. The second-order valence-electron chi connectivity index (χ2n) is 7.35. The number of amides is 1. The summed E-state index contributed by atoms with van der Waals surface area (Å²) in [4.78, 5) is 34.3. The van der Waals surface area contributed by atoms with Crippen LogP contribution in [0.5, 0.6) is 0 Å². The van der Waals surface area contributed by atoms with Crippen LogP contribution in [0.25, 0.3) is 10.9 Å². The molecular formula is C20H27N3O2. The summed E-state index contributed by atoms with van der Waals surface area (Å²) in [6.07, 6.45) is 6.68. The number of aromatic nitrogens is 2. The minimum Gasteiger partial charge on any atom is -0.333 e. The maximum absolute atomic E-state index is 12.8. The van der Waals surface area contributed by atoms with Crippen molar-refractivity contribution in [3.8, 4) is 0 Å². The van der Waals surface area contributed by atoms with Gasteiger partial charge in [0.1, 0.15) is 5.82 Å². The molecule has 134 valence electrons. The number of rotatable bonds is 5. The molecular weight excluding hydrogens is 314 g/mol. The molecule has 3 rings (SSSR count). The lowest BCUT2D eigenvalue weighted by Crippen LogP contribution is -2.38. The van der Waals surface area contributed by atoms with Crippen LogP contribution < -0.4 is 5.56 Å². The summed E-state index contributed by atoms with van der Waals surface area (Å²) in [6.45, 7) is 4.37. The molecule has 0 aliphatic heterocycles. The van der Waals surface area contributed by atoms with Gasteiger partial charge in [-0.1, -0.05) is 31.4 Å². The van der Waals surface area contributed by atoms with Gasteiger partial charge in [-0.2, -0.15) is 0 Å². The number of carbonyl (C=O) groups excluding carboxylic acids is 1. The number of nitrogens with zero attached hydrogens (tertiary/aromatic N) is 2. The van der Waals surface area contributed by atoms with E-state index in [0.29, 0.717) is 35.6 Å². The van der Waals surface area contributed by atoms with E-state index in [1.165, 1.54) is 19.3 Å². The second kappa shape index (κ2) is 7.81. The van der Waals surface area contributed by atoms with Crippen LogP contribution in [-0.4, -0.2) is 26.8 Å². The molecule has 25 heavy (non-hydrogen) atoms. The summed E-state index contributed by atoms with van der Waals surface area (Å²) in [5.41, 5.74) is 0.522. The SMILES string of the molecule is CC(C)N(Cc1nc2ccccc2c(=O)[nH]1)C(=O)CC1CCCCC1. The van der Waals surface area contributed by atoms with Crippen molar-refractivity contribution >= 4 is 16.8 Å². The first-order valence-corrected chi connectivity index (χ1v) is 9.32. The van der Waals surface area contributed by atoms with Crippen molar-refractivity contribution < 1.29 is 4.79 Å². The summed E-state index contributed by atoms with van der Waals surface area (Å²) in [7, 11) is 0. The van der Waals surface area contributed by atoms with Crippen LogP contribution in [0.2, 0.25) is 0 Å². The number of benzene rings is 1. The molecule has 0 radical (unpaired) electrons. The molecule has 0 saturated heterocycles. The van der Waals surface area contributed by atoms with Gasteiger partial charge in [-0.25, -0.2) is 4.98 Å². The van der Waals surface area contributed by atoms with Gasteiger partial charge in [0.15, 0.2) is 0 Å². The highest BCUT2D eigenvalue weighted by molar-refractivity contribution is 5.78. The third-order valence-electron chi connectivity index (χ3n) is 5.11. The van der Waals surface area contributed by atoms with Crippen molar-refractivity contribution in [1.29, 1.82) is 0 Å². The van der Waals surface area contributed by atoms with Crippen molar-refractivity contribution in [2.75, 3.05) is 0 Å². The lowest BCUT2D eigenvalue weighted by Gasteiger charge is -2.29. The Balaban J connectivity index is 1.77. The highest BCUT2D eigenvalue weighted by atomic mass is 16.2. The molecule has 1 amide bonds. The van der Waals surface area contributed by atoms with Crippen LogP contribution in [-0.2, 0) is 11.3 Å². The zero-order valence-electron chi connectivity index (χ0n) is 15.1. The number of aromatic amines is 1. The fraction of sp³-hybridized carbons (Fsp3) is 0.550. The van der Waals surface area contributed by atoms with Crippen molar-refractivity contribution in [1.82, 2.24) is 14.9 Å². The summed E-state index contributed by atoms with van der Waals surface area (Å²) < 4.78 is 0. The fourth-order valence-electron chi connectivity index (χ4n) is 3.69. The minimum absolute atomic E-state index is 0.0767. The molecule has 1 fully saturated rings. The molecule has 1 aliphatic rings. The molecule has 1 heterocycles. The zero-order valence-corrected chi connectivity index (χ0v) is 15.1. The highest BCUT2D eigenvalue weighted by Crippen LogP contribution is 2.27. The van der Waals surface area contributed by atoms with Crippen LogP contribution in [0, 0.1) is 5.92 Å². The number of H-pyrrole nitrogens is 1. The maximum Gasteiger partial charge on any atom is 0.258 e. The topological polar surface area (TPSA) is 66.1 Å². The molecule has 1 aliphatic carbocycles. The van der Waals surface area contributed by atoms with Gasteiger partial charge in [-0.3, -0.25) is 9.59 Å². The van der Waals surface area contributed by atoms with Crippen LogP contribution in [0.3, 0.4) is 0 Å². The van der Waals surface area contributed by atoms with E-state index in [1.807, 2.05) is 36.9 Å². The zero-order chi connectivity index (χ0) is 17.8. The first-order valence-electron chi connectivity index (χ1n) is 9.32. The Morgan fingerprint density at radius 1 is 1.24 bits per heavy atom. The van der Waals surface area contributed by atoms with Gasteiger partial charge in [0.25, 0.3) is 5.56 Å². The first kappa shape index (κ1) is 17.6. The molecule has 1 aromatic heterocycles. The minimum atomic E-state index is -0.149. The normalized spacial score (nSPS) is 15.6. The predicted octanol–water partition coefficient (Wildman–Crippen LogP) is 3.63. The summed E-state index contributed by atoms with van der Waals surface area (Å²) in [5.74, 6) is 1.22. The van der Waals surface area contributed by atoms with E-state index >= 15 is 0 Å². The number of nitrogens with one attached hydrogen (secondary N) is 1. The van der Waals surface area contributed by atoms with Gasteiger partial charge in [0.2, 0.25) is 5.91 Å². The second-order valence-corrected chi connectivity index (χ2v) is 7.35. The Labute approximate surface area is 148 Å². The molecule has 0 unspecified atom stereocenters. The number of hydrogen-bond donors (Lipinski definition) is 1. The van der Waals surface area contributed by atoms with Gasteiger partial charge in [0.05, 0.1) is 17.4 Å². The highest BCUT2D eigenvalue weighted by Gasteiger charge is 2.23. The molecule has 5 heteroatoms.